The molecule has 1 fully saturated rings. The molecule has 0 aliphatic carbocycles. The number of carbonyl (C=O) groups is 1. The fraction of sp³-hybridized carbons (Fsp3) is 0.854. The minimum Gasteiger partial charge on any atom is -0.457 e. The highest BCUT2D eigenvalue weighted by molar-refractivity contribution is 7.80. The monoisotopic (exact) mass is 889 g/mol. The third-order valence-corrected chi connectivity index (χ3v) is 11.5. The van der Waals surface area contributed by atoms with Crippen LogP contribution in [0.15, 0.2) is 36.5 Å². The summed E-state index contributed by atoms with van der Waals surface area (Å²) in [6.45, 7) is 3.97. The summed E-state index contributed by atoms with van der Waals surface area (Å²) in [5.74, 6) is -0.410. The van der Waals surface area contributed by atoms with Crippen LogP contribution in [0.5, 0.6) is 0 Å². The summed E-state index contributed by atoms with van der Waals surface area (Å²) in [7, 11) is -5.06. The third-order valence-electron chi connectivity index (χ3n) is 11.0. The highest BCUT2D eigenvalue weighted by Crippen LogP contribution is 2.26. The standard InChI is InChI=1S/C48H88O12S/c1-3-5-7-9-11-13-15-17-19-20-21-22-23-25-27-29-31-33-35-37-44(50)58-42(41-57-48-46(52)47(60-61(53,54)55)45(51)43(39-49)59-48)40-56-38-36-34-32-30-28-26-24-18-16-14-12-10-8-6-4-2/h11,13,17,19,21-22,42-43,45-49,51-52H,3-10,12,14-16,18,20,23-41H2,1-2H3,(H,53,54,55)/b13-11-,19-17-,22-21-. The van der Waals surface area contributed by atoms with Crippen molar-refractivity contribution < 1.29 is 56.2 Å². The molecular weight excluding hydrogens is 801 g/mol. The zero-order valence-corrected chi connectivity index (χ0v) is 39.0. The Kier molecular flexibility index (Phi) is 37.5. The number of hydrogen-bond acceptors (Lipinski definition) is 11. The maximum atomic E-state index is 12.9. The molecule has 0 bridgehead atoms. The van der Waals surface area contributed by atoms with Crippen LogP contribution in [0.2, 0.25) is 0 Å². The quantitative estimate of drug-likeness (QED) is 0.0198. The maximum absolute atomic E-state index is 12.9. The average Bonchev–Trinajstić information content (AvgIpc) is 3.23. The Labute approximate surface area is 371 Å². The lowest BCUT2D eigenvalue weighted by atomic mass is 9.99. The van der Waals surface area contributed by atoms with Crippen molar-refractivity contribution in [1.82, 2.24) is 0 Å². The van der Waals surface area contributed by atoms with Crippen LogP contribution in [0.25, 0.3) is 0 Å². The van der Waals surface area contributed by atoms with Gasteiger partial charge in [0.15, 0.2) is 6.29 Å². The van der Waals surface area contributed by atoms with Crippen LogP contribution in [-0.2, 0) is 38.3 Å². The van der Waals surface area contributed by atoms with Crippen LogP contribution in [0.3, 0.4) is 0 Å². The Bertz CT molecular complexity index is 1210. The zero-order chi connectivity index (χ0) is 44.7. The lowest BCUT2D eigenvalue weighted by Gasteiger charge is -2.41. The first kappa shape index (κ1) is 57.3. The van der Waals surface area contributed by atoms with Crippen LogP contribution in [0.1, 0.15) is 200 Å². The van der Waals surface area contributed by atoms with E-state index in [1.807, 2.05) is 0 Å². The molecular formula is C48H88O12S. The van der Waals surface area contributed by atoms with Gasteiger partial charge in [-0.3, -0.25) is 9.35 Å². The molecule has 1 heterocycles. The van der Waals surface area contributed by atoms with Crippen molar-refractivity contribution >= 4 is 16.4 Å². The number of unbranched alkanes of at least 4 members (excludes halogenated alkanes) is 23. The highest BCUT2D eigenvalue weighted by Gasteiger charge is 2.48. The number of aliphatic hydroxyl groups excluding tert-OH is 3. The van der Waals surface area contributed by atoms with Crippen LogP contribution in [-0.4, -0.2) is 97.5 Å². The van der Waals surface area contributed by atoms with Gasteiger partial charge in [-0.25, -0.2) is 4.18 Å². The number of ether oxygens (including phenoxy) is 4. The molecule has 61 heavy (non-hydrogen) atoms. The third kappa shape index (κ3) is 33.5. The number of carbonyl (C=O) groups excluding carboxylic acids is 1. The average molecular weight is 889 g/mol. The van der Waals surface area contributed by atoms with Gasteiger partial charge in [-0.2, -0.15) is 8.42 Å². The second kappa shape index (κ2) is 39.9. The first-order valence-corrected chi connectivity index (χ1v) is 25.6. The number of aliphatic hydroxyl groups is 3. The van der Waals surface area contributed by atoms with Gasteiger partial charge in [0, 0.05) is 13.0 Å². The normalized spacial score (nSPS) is 20.4. The Morgan fingerprint density at radius 3 is 1.61 bits per heavy atom. The fourth-order valence-corrected chi connectivity index (χ4v) is 7.84. The van der Waals surface area contributed by atoms with Gasteiger partial charge >= 0.3 is 16.4 Å². The van der Waals surface area contributed by atoms with Crippen molar-refractivity contribution in [3.63, 3.8) is 0 Å². The van der Waals surface area contributed by atoms with E-state index >= 15 is 0 Å². The predicted molar refractivity (Wildman–Crippen MR) is 243 cm³/mol. The van der Waals surface area contributed by atoms with Gasteiger partial charge in [0.05, 0.1) is 19.8 Å². The van der Waals surface area contributed by atoms with E-state index in [1.54, 1.807) is 0 Å². The smallest absolute Gasteiger partial charge is 0.397 e. The van der Waals surface area contributed by atoms with Gasteiger partial charge in [0.25, 0.3) is 0 Å². The van der Waals surface area contributed by atoms with E-state index in [2.05, 4.69) is 54.5 Å². The Hall–Kier alpha value is -1.68. The van der Waals surface area contributed by atoms with Crippen molar-refractivity contribution in [1.29, 1.82) is 0 Å². The molecule has 358 valence electrons. The van der Waals surface area contributed by atoms with E-state index in [-0.39, 0.29) is 19.6 Å². The van der Waals surface area contributed by atoms with Crippen molar-refractivity contribution in [2.24, 2.45) is 0 Å². The molecule has 1 aliphatic heterocycles. The molecule has 6 atom stereocenters. The molecule has 6 unspecified atom stereocenters. The summed E-state index contributed by atoms with van der Waals surface area (Å²) in [4.78, 5) is 12.9. The molecule has 0 saturated carbocycles. The summed E-state index contributed by atoms with van der Waals surface area (Å²) in [5, 5.41) is 30.7. The number of allylic oxidation sites excluding steroid dienone is 6. The molecule has 0 aromatic rings. The summed E-state index contributed by atoms with van der Waals surface area (Å²) in [6, 6.07) is 0. The molecule has 1 aliphatic rings. The highest BCUT2D eigenvalue weighted by atomic mass is 32.3. The van der Waals surface area contributed by atoms with Crippen molar-refractivity contribution in [2.45, 2.75) is 237 Å². The molecule has 0 spiro atoms. The van der Waals surface area contributed by atoms with E-state index in [4.69, 9.17) is 18.9 Å². The molecule has 0 aromatic heterocycles. The van der Waals surface area contributed by atoms with Crippen molar-refractivity contribution in [2.75, 3.05) is 26.4 Å². The van der Waals surface area contributed by atoms with Crippen LogP contribution in [0, 0.1) is 0 Å². The van der Waals surface area contributed by atoms with E-state index in [0.717, 1.165) is 70.6 Å². The summed E-state index contributed by atoms with van der Waals surface area (Å²) < 4.78 is 59.1. The van der Waals surface area contributed by atoms with Gasteiger partial charge in [0.1, 0.15) is 30.5 Å². The summed E-state index contributed by atoms with van der Waals surface area (Å²) in [6.07, 6.45) is 37.4. The summed E-state index contributed by atoms with van der Waals surface area (Å²) >= 11 is 0. The minimum absolute atomic E-state index is 0.0332. The number of rotatable bonds is 42. The van der Waals surface area contributed by atoms with Gasteiger partial charge in [-0.05, 0) is 51.4 Å². The molecule has 4 N–H and O–H groups in total. The molecule has 1 rings (SSSR count). The zero-order valence-electron chi connectivity index (χ0n) is 38.2. The molecule has 12 nitrogen and oxygen atoms in total. The van der Waals surface area contributed by atoms with Gasteiger partial charge in [0.2, 0.25) is 0 Å². The number of esters is 1. The Morgan fingerprint density at radius 2 is 1.08 bits per heavy atom. The maximum Gasteiger partial charge on any atom is 0.397 e. The number of hydrogen-bond donors (Lipinski definition) is 4. The van der Waals surface area contributed by atoms with Crippen LogP contribution >= 0.6 is 0 Å². The van der Waals surface area contributed by atoms with Crippen LogP contribution < -0.4 is 0 Å². The van der Waals surface area contributed by atoms with Crippen molar-refractivity contribution in [3.05, 3.63) is 36.5 Å². The lowest BCUT2D eigenvalue weighted by Crippen LogP contribution is -2.60. The summed E-state index contributed by atoms with van der Waals surface area (Å²) in [5.41, 5.74) is 0. The van der Waals surface area contributed by atoms with Crippen LogP contribution in [0.4, 0.5) is 0 Å². The molecule has 1 saturated heterocycles. The van der Waals surface area contributed by atoms with E-state index in [0.29, 0.717) is 13.0 Å². The first-order chi connectivity index (χ1) is 29.6. The largest absolute Gasteiger partial charge is 0.457 e. The predicted octanol–water partition coefficient (Wildman–Crippen LogP) is 10.6. The molecule has 13 heteroatoms. The van der Waals surface area contributed by atoms with E-state index in [9.17, 15) is 33.1 Å². The Morgan fingerprint density at radius 1 is 0.623 bits per heavy atom. The molecule has 0 aromatic carbocycles. The Balaban J connectivity index is 2.40. The second-order valence-corrected chi connectivity index (χ2v) is 17.8. The first-order valence-electron chi connectivity index (χ1n) is 24.2. The lowest BCUT2D eigenvalue weighted by molar-refractivity contribution is -0.301. The second-order valence-electron chi connectivity index (χ2n) is 16.7. The van der Waals surface area contributed by atoms with E-state index in [1.165, 1.54) is 103 Å². The SMILES string of the molecule is CCCCC/C=C\C/C=C\C/C=C\CCCCCCCCC(=O)OC(COCCCCCCCCCCCCCCCCC)COC1OC(CO)C(O)C(OS(=O)(=O)O)C1O. The fourth-order valence-electron chi connectivity index (χ4n) is 7.33. The van der Waals surface area contributed by atoms with Crippen molar-refractivity contribution in [3.8, 4) is 0 Å². The molecule has 0 amide bonds. The van der Waals surface area contributed by atoms with Gasteiger partial charge < -0.3 is 34.3 Å². The molecule has 0 radical (unpaired) electrons. The van der Waals surface area contributed by atoms with E-state index < -0.39 is 59.8 Å². The van der Waals surface area contributed by atoms with Gasteiger partial charge in [-0.15, -0.1) is 0 Å². The minimum atomic E-state index is -5.06. The van der Waals surface area contributed by atoms with Gasteiger partial charge in [-0.1, -0.05) is 179 Å². The topological polar surface area (TPSA) is 178 Å².